The maximum Gasteiger partial charge on any atom is 0.291 e. The molecule has 1 fully saturated rings. The summed E-state index contributed by atoms with van der Waals surface area (Å²) in [4.78, 5) is 28.8. The number of anilines is 1. The summed E-state index contributed by atoms with van der Waals surface area (Å²) in [5, 5.41) is 2.75. The van der Waals surface area contributed by atoms with E-state index in [9.17, 15) is 9.59 Å². The summed E-state index contributed by atoms with van der Waals surface area (Å²) in [6.07, 6.45) is 1.45. The van der Waals surface area contributed by atoms with E-state index < -0.39 is 0 Å². The second-order valence-corrected chi connectivity index (χ2v) is 7.39. The van der Waals surface area contributed by atoms with Crippen molar-refractivity contribution in [1.82, 2.24) is 9.80 Å². The van der Waals surface area contributed by atoms with Crippen LogP contribution in [0.5, 0.6) is 5.75 Å². The summed E-state index contributed by atoms with van der Waals surface area (Å²) in [7, 11) is 0. The molecule has 0 unspecified atom stereocenters. The average molecular weight is 419 g/mol. The van der Waals surface area contributed by atoms with Gasteiger partial charge >= 0.3 is 0 Å². The van der Waals surface area contributed by atoms with Crippen molar-refractivity contribution in [3.8, 4) is 5.75 Å². The zero-order valence-electron chi connectivity index (χ0n) is 17.2. The van der Waals surface area contributed by atoms with Crippen molar-refractivity contribution < 1.29 is 18.7 Å². The van der Waals surface area contributed by atoms with Crippen molar-refractivity contribution in [2.45, 2.75) is 6.54 Å². The molecule has 3 aromatic rings. The molecule has 160 valence electrons. The SMILES string of the molecule is O=C(Nc1cccc(OCC(=O)N2CCN(Cc3ccccc3)CC2)c1)c1ccco1. The molecule has 4 rings (SSSR count). The number of ether oxygens (including phenoxy) is 1. The molecule has 1 saturated heterocycles. The van der Waals surface area contributed by atoms with Gasteiger partial charge in [-0.3, -0.25) is 14.5 Å². The fourth-order valence-electron chi connectivity index (χ4n) is 3.50. The Balaban J connectivity index is 1.23. The van der Waals surface area contributed by atoms with Gasteiger partial charge in [-0.15, -0.1) is 0 Å². The second-order valence-electron chi connectivity index (χ2n) is 7.39. The molecule has 31 heavy (non-hydrogen) atoms. The van der Waals surface area contributed by atoms with Crippen LogP contribution in [-0.4, -0.2) is 54.4 Å². The van der Waals surface area contributed by atoms with Gasteiger partial charge in [-0.2, -0.15) is 0 Å². The highest BCUT2D eigenvalue weighted by atomic mass is 16.5. The van der Waals surface area contributed by atoms with Gasteiger partial charge in [0.05, 0.1) is 6.26 Å². The molecule has 1 aliphatic rings. The molecule has 0 bridgehead atoms. The maximum atomic E-state index is 12.6. The Morgan fingerprint density at radius 3 is 2.48 bits per heavy atom. The van der Waals surface area contributed by atoms with Gasteiger partial charge in [-0.05, 0) is 29.8 Å². The van der Waals surface area contributed by atoms with Crippen LogP contribution < -0.4 is 10.1 Å². The van der Waals surface area contributed by atoms with E-state index in [1.165, 1.54) is 11.8 Å². The minimum atomic E-state index is -0.341. The van der Waals surface area contributed by atoms with Gasteiger partial charge in [0.15, 0.2) is 12.4 Å². The third-order valence-electron chi connectivity index (χ3n) is 5.17. The van der Waals surface area contributed by atoms with Crippen molar-refractivity contribution in [2.75, 3.05) is 38.1 Å². The van der Waals surface area contributed by atoms with Gasteiger partial charge in [0.1, 0.15) is 5.75 Å². The van der Waals surface area contributed by atoms with E-state index in [1.807, 2.05) is 23.1 Å². The third-order valence-corrected chi connectivity index (χ3v) is 5.17. The molecule has 0 atom stereocenters. The molecule has 2 amide bonds. The quantitative estimate of drug-likeness (QED) is 0.636. The molecule has 1 aromatic heterocycles. The second kappa shape index (κ2) is 9.95. The molecule has 0 aliphatic carbocycles. The van der Waals surface area contributed by atoms with Crippen LogP contribution in [0, 0.1) is 0 Å². The van der Waals surface area contributed by atoms with Gasteiger partial charge in [0.25, 0.3) is 11.8 Å². The first-order chi connectivity index (χ1) is 15.2. The van der Waals surface area contributed by atoms with E-state index in [0.717, 1.165) is 19.6 Å². The first-order valence-electron chi connectivity index (χ1n) is 10.3. The first-order valence-corrected chi connectivity index (χ1v) is 10.3. The van der Waals surface area contributed by atoms with Gasteiger partial charge in [-0.1, -0.05) is 36.4 Å². The minimum absolute atomic E-state index is 0.0335. The summed E-state index contributed by atoms with van der Waals surface area (Å²) in [5.74, 6) is 0.372. The molecule has 1 N–H and O–H groups in total. The number of furan rings is 1. The summed E-state index contributed by atoms with van der Waals surface area (Å²) in [6, 6.07) is 20.6. The number of nitrogens with zero attached hydrogens (tertiary/aromatic N) is 2. The molecule has 7 nitrogen and oxygen atoms in total. The maximum absolute atomic E-state index is 12.6. The highest BCUT2D eigenvalue weighted by molar-refractivity contribution is 6.02. The number of hydrogen-bond acceptors (Lipinski definition) is 5. The van der Waals surface area contributed by atoms with E-state index in [1.54, 1.807) is 36.4 Å². The van der Waals surface area contributed by atoms with Crippen molar-refractivity contribution >= 4 is 17.5 Å². The zero-order chi connectivity index (χ0) is 21.5. The topological polar surface area (TPSA) is 75.0 Å². The van der Waals surface area contributed by atoms with E-state index in [0.29, 0.717) is 24.5 Å². The Morgan fingerprint density at radius 1 is 0.935 bits per heavy atom. The van der Waals surface area contributed by atoms with E-state index >= 15 is 0 Å². The number of amides is 2. The largest absolute Gasteiger partial charge is 0.484 e. The number of piperazine rings is 1. The lowest BCUT2D eigenvalue weighted by molar-refractivity contribution is -0.135. The van der Waals surface area contributed by atoms with Crippen molar-refractivity contribution in [3.63, 3.8) is 0 Å². The van der Waals surface area contributed by atoms with Gasteiger partial charge in [0.2, 0.25) is 0 Å². The van der Waals surface area contributed by atoms with E-state index in [2.05, 4.69) is 22.3 Å². The molecule has 7 heteroatoms. The molecule has 2 aromatic carbocycles. The van der Waals surface area contributed by atoms with Gasteiger partial charge in [-0.25, -0.2) is 0 Å². The summed E-state index contributed by atoms with van der Waals surface area (Å²) < 4.78 is 10.8. The van der Waals surface area contributed by atoms with Crippen LogP contribution in [0.3, 0.4) is 0 Å². The molecule has 0 spiro atoms. The summed E-state index contributed by atoms with van der Waals surface area (Å²) in [6.45, 7) is 3.93. The Labute approximate surface area is 181 Å². The van der Waals surface area contributed by atoms with E-state index in [4.69, 9.17) is 9.15 Å². The van der Waals surface area contributed by atoms with Gasteiger partial charge in [0, 0.05) is 44.5 Å². The standard InChI is InChI=1S/C24H25N3O4/c28-23(27-13-11-26(12-14-27)17-19-6-2-1-3-7-19)18-31-21-9-4-8-20(16-21)25-24(29)22-10-5-15-30-22/h1-10,15-16H,11-14,17-18H2,(H,25,29). The van der Waals surface area contributed by atoms with Crippen LogP contribution in [0.1, 0.15) is 16.1 Å². The predicted molar refractivity (Wildman–Crippen MR) is 117 cm³/mol. The van der Waals surface area contributed by atoms with Gasteiger partial charge < -0.3 is 19.4 Å². The molecule has 0 radical (unpaired) electrons. The zero-order valence-corrected chi connectivity index (χ0v) is 17.2. The number of carbonyl (C=O) groups is 2. The average Bonchev–Trinajstić information content (AvgIpc) is 3.34. The number of hydrogen-bond donors (Lipinski definition) is 1. The fraction of sp³-hybridized carbons (Fsp3) is 0.250. The Hall–Kier alpha value is -3.58. The lowest BCUT2D eigenvalue weighted by Gasteiger charge is -2.34. The number of rotatable bonds is 7. The van der Waals surface area contributed by atoms with Crippen LogP contribution in [-0.2, 0) is 11.3 Å². The van der Waals surface area contributed by atoms with Crippen molar-refractivity contribution in [2.24, 2.45) is 0 Å². The van der Waals surface area contributed by atoms with Crippen LogP contribution >= 0.6 is 0 Å². The Kier molecular flexibility index (Phi) is 6.64. The van der Waals surface area contributed by atoms with Crippen LogP contribution in [0.2, 0.25) is 0 Å². The lowest BCUT2D eigenvalue weighted by atomic mass is 10.2. The molecular formula is C24H25N3O4. The normalized spacial score (nSPS) is 14.3. The first kappa shape index (κ1) is 20.7. The highest BCUT2D eigenvalue weighted by Gasteiger charge is 2.21. The number of nitrogens with one attached hydrogen (secondary N) is 1. The van der Waals surface area contributed by atoms with E-state index in [-0.39, 0.29) is 24.2 Å². The number of benzene rings is 2. The molecule has 0 saturated carbocycles. The fourth-order valence-corrected chi connectivity index (χ4v) is 3.50. The number of carbonyl (C=O) groups excluding carboxylic acids is 2. The molecule has 2 heterocycles. The van der Waals surface area contributed by atoms with Crippen LogP contribution in [0.15, 0.2) is 77.4 Å². The minimum Gasteiger partial charge on any atom is -0.484 e. The van der Waals surface area contributed by atoms with Crippen LogP contribution in [0.4, 0.5) is 5.69 Å². The highest BCUT2D eigenvalue weighted by Crippen LogP contribution is 2.18. The van der Waals surface area contributed by atoms with Crippen molar-refractivity contribution in [3.05, 3.63) is 84.3 Å². The predicted octanol–water partition coefficient (Wildman–Crippen LogP) is 3.26. The Bertz CT molecular complexity index is 997. The summed E-state index contributed by atoms with van der Waals surface area (Å²) >= 11 is 0. The summed E-state index contributed by atoms with van der Waals surface area (Å²) in [5.41, 5.74) is 1.85. The Morgan fingerprint density at radius 2 is 1.74 bits per heavy atom. The molecule has 1 aliphatic heterocycles. The third kappa shape index (κ3) is 5.73. The molecular weight excluding hydrogens is 394 g/mol. The lowest BCUT2D eigenvalue weighted by Crippen LogP contribution is -2.49. The van der Waals surface area contributed by atoms with Crippen molar-refractivity contribution in [1.29, 1.82) is 0 Å². The smallest absolute Gasteiger partial charge is 0.291 e. The monoisotopic (exact) mass is 419 g/mol. The van der Waals surface area contributed by atoms with Crippen LogP contribution in [0.25, 0.3) is 0 Å².